The van der Waals surface area contributed by atoms with Gasteiger partial charge in [-0.3, -0.25) is 9.59 Å². The lowest BCUT2D eigenvalue weighted by atomic mass is 10.0. The Bertz CT molecular complexity index is 921. The van der Waals surface area contributed by atoms with Crippen LogP contribution in [0.2, 0.25) is 0 Å². The first-order valence-corrected chi connectivity index (χ1v) is 8.59. The Labute approximate surface area is 152 Å². The van der Waals surface area contributed by atoms with Gasteiger partial charge in [-0.2, -0.15) is 5.10 Å². The van der Waals surface area contributed by atoms with Crippen LogP contribution < -0.4 is 10.9 Å². The molecule has 0 fully saturated rings. The van der Waals surface area contributed by atoms with Crippen molar-refractivity contribution in [1.82, 2.24) is 15.1 Å². The van der Waals surface area contributed by atoms with Crippen molar-refractivity contribution < 1.29 is 4.79 Å². The van der Waals surface area contributed by atoms with Crippen LogP contribution in [-0.2, 0) is 6.54 Å². The largest absolute Gasteiger partial charge is 0.350 e. The maximum Gasteiger partial charge on any atom is 0.271 e. The van der Waals surface area contributed by atoms with E-state index in [1.165, 1.54) is 16.8 Å². The smallest absolute Gasteiger partial charge is 0.271 e. The number of nitrogens with zero attached hydrogens (tertiary/aromatic N) is 2. The fourth-order valence-electron chi connectivity index (χ4n) is 2.68. The van der Waals surface area contributed by atoms with Crippen molar-refractivity contribution in [2.24, 2.45) is 0 Å². The molecule has 1 heterocycles. The van der Waals surface area contributed by atoms with E-state index in [9.17, 15) is 9.59 Å². The molecular formula is C21H21N3O2. The van der Waals surface area contributed by atoms with Gasteiger partial charge in [0.2, 0.25) is 0 Å². The van der Waals surface area contributed by atoms with Gasteiger partial charge in [-0.15, -0.1) is 0 Å². The van der Waals surface area contributed by atoms with E-state index < -0.39 is 0 Å². The molecule has 0 bridgehead atoms. The molecule has 0 saturated carbocycles. The Morgan fingerprint density at radius 2 is 1.65 bits per heavy atom. The van der Waals surface area contributed by atoms with E-state index in [4.69, 9.17) is 0 Å². The molecular weight excluding hydrogens is 326 g/mol. The van der Waals surface area contributed by atoms with Gasteiger partial charge in [-0.05, 0) is 23.1 Å². The van der Waals surface area contributed by atoms with E-state index in [2.05, 4.69) is 17.3 Å². The Kier molecular flexibility index (Phi) is 5.59. The third-order valence-corrected chi connectivity index (χ3v) is 4.21. The topological polar surface area (TPSA) is 64.0 Å². The van der Waals surface area contributed by atoms with E-state index in [1.807, 2.05) is 60.7 Å². The van der Waals surface area contributed by atoms with Crippen LogP contribution in [-0.4, -0.2) is 22.2 Å². The summed E-state index contributed by atoms with van der Waals surface area (Å²) >= 11 is 0. The zero-order valence-electron chi connectivity index (χ0n) is 14.6. The monoisotopic (exact) mass is 347 g/mol. The minimum absolute atomic E-state index is 0.190. The van der Waals surface area contributed by atoms with E-state index in [-0.39, 0.29) is 23.1 Å². The molecule has 3 aromatic rings. The Hall–Kier alpha value is -3.21. The summed E-state index contributed by atoms with van der Waals surface area (Å²) in [6.45, 7) is 2.89. The summed E-state index contributed by atoms with van der Waals surface area (Å²) in [4.78, 5) is 24.4. The van der Waals surface area contributed by atoms with E-state index in [0.29, 0.717) is 13.1 Å². The number of aromatic nitrogens is 2. The second-order valence-corrected chi connectivity index (χ2v) is 6.22. The van der Waals surface area contributed by atoms with Crippen molar-refractivity contribution in [3.63, 3.8) is 0 Å². The Morgan fingerprint density at radius 3 is 2.35 bits per heavy atom. The number of hydrogen-bond acceptors (Lipinski definition) is 3. The maximum atomic E-state index is 12.4. The number of amides is 1. The Morgan fingerprint density at radius 1 is 1.00 bits per heavy atom. The van der Waals surface area contributed by atoms with Crippen molar-refractivity contribution in [2.45, 2.75) is 19.4 Å². The third kappa shape index (κ3) is 4.45. The molecule has 5 heteroatoms. The molecule has 3 rings (SSSR count). The summed E-state index contributed by atoms with van der Waals surface area (Å²) in [5, 5.41) is 7.10. The number of rotatable bonds is 6. The van der Waals surface area contributed by atoms with Gasteiger partial charge < -0.3 is 5.32 Å². The van der Waals surface area contributed by atoms with Gasteiger partial charge in [0.1, 0.15) is 5.69 Å². The highest BCUT2D eigenvalue weighted by Gasteiger charge is 2.12. The summed E-state index contributed by atoms with van der Waals surface area (Å²) in [7, 11) is 0. The van der Waals surface area contributed by atoms with Crippen LogP contribution in [0.1, 0.15) is 34.5 Å². The molecule has 2 aromatic carbocycles. The predicted octanol–water partition coefficient (Wildman–Crippen LogP) is 2.83. The molecule has 0 unspecified atom stereocenters. The van der Waals surface area contributed by atoms with Gasteiger partial charge in [-0.25, -0.2) is 4.68 Å². The fourth-order valence-corrected chi connectivity index (χ4v) is 2.68. The van der Waals surface area contributed by atoms with E-state index in [1.54, 1.807) is 0 Å². The van der Waals surface area contributed by atoms with Crippen LogP contribution in [0.25, 0.3) is 0 Å². The number of carbonyl (C=O) groups is 1. The summed E-state index contributed by atoms with van der Waals surface area (Å²) < 4.78 is 1.31. The lowest BCUT2D eigenvalue weighted by Gasteiger charge is -2.13. The summed E-state index contributed by atoms with van der Waals surface area (Å²) in [6.07, 6.45) is 0. The Balaban J connectivity index is 1.68. The molecule has 1 N–H and O–H groups in total. The van der Waals surface area contributed by atoms with Gasteiger partial charge in [-0.1, -0.05) is 67.6 Å². The van der Waals surface area contributed by atoms with Crippen LogP contribution in [0, 0.1) is 0 Å². The normalized spacial score (nSPS) is 11.7. The molecule has 0 spiro atoms. The third-order valence-electron chi connectivity index (χ3n) is 4.21. The summed E-state index contributed by atoms with van der Waals surface area (Å²) in [5.74, 6) is -0.0926. The predicted molar refractivity (Wildman–Crippen MR) is 101 cm³/mol. The standard InChI is InChI=1S/C21H21N3O2/c1-16(18-10-6-3-7-11-18)14-22-21(26)19-12-13-20(25)24(23-19)15-17-8-4-2-5-9-17/h2-13,16H,14-15H2,1H3,(H,22,26)/t16-/m1/s1. The van der Waals surface area contributed by atoms with Gasteiger partial charge >= 0.3 is 0 Å². The van der Waals surface area contributed by atoms with E-state index >= 15 is 0 Å². The highest BCUT2D eigenvalue weighted by atomic mass is 16.2. The average molecular weight is 347 g/mol. The quantitative estimate of drug-likeness (QED) is 0.746. The van der Waals surface area contributed by atoms with Gasteiger partial charge in [0.05, 0.1) is 6.54 Å². The summed E-state index contributed by atoms with van der Waals surface area (Å²) in [5.41, 5.74) is 2.12. The van der Waals surface area contributed by atoms with Crippen LogP contribution in [0.15, 0.2) is 77.6 Å². The lowest BCUT2D eigenvalue weighted by molar-refractivity contribution is 0.0944. The SMILES string of the molecule is C[C@H](CNC(=O)c1ccc(=O)n(Cc2ccccc2)n1)c1ccccc1. The minimum Gasteiger partial charge on any atom is -0.350 e. The number of carbonyl (C=O) groups excluding carboxylic acids is 1. The molecule has 0 aliphatic rings. The second kappa shape index (κ2) is 8.25. The number of benzene rings is 2. The number of nitrogens with one attached hydrogen (secondary N) is 1. The van der Waals surface area contributed by atoms with Crippen molar-refractivity contribution in [3.8, 4) is 0 Å². The van der Waals surface area contributed by atoms with Crippen LogP contribution >= 0.6 is 0 Å². The molecule has 132 valence electrons. The molecule has 0 saturated heterocycles. The highest BCUT2D eigenvalue weighted by Crippen LogP contribution is 2.13. The minimum atomic E-state index is -0.283. The fraction of sp³-hybridized carbons (Fsp3) is 0.190. The van der Waals surface area contributed by atoms with E-state index in [0.717, 1.165) is 11.1 Å². The molecule has 5 nitrogen and oxygen atoms in total. The molecule has 1 aromatic heterocycles. The number of hydrogen-bond donors (Lipinski definition) is 1. The van der Waals surface area contributed by atoms with Gasteiger partial charge in [0, 0.05) is 12.6 Å². The molecule has 1 atom stereocenters. The van der Waals surface area contributed by atoms with Crippen LogP contribution in [0.5, 0.6) is 0 Å². The van der Waals surface area contributed by atoms with Crippen molar-refractivity contribution in [1.29, 1.82) is 0 Å². The maximum absolute atomic E-state index is 12.4. The first kappa shape index (κ1) is 17.6. The van der Waals surface area contributed by atoms with Crippen molar-refractivity contribution >= 4 is 5.91 Å². The second-order valence-electron chi connectivity index (χ2n) is 6.22. The molecule has 0 radical (unpaired) electrons. The first-order chi connectivity index (χ1) is 12.6. The van der Waals surface area contributed by atoms with Crippen molar-refractivity contribution in [3.05, 3.63) is 100.0 Å². The van der Waals surface area contributed by atoms with Crippen molar-refractivity contribution in [2.75, 3.05) is 6.54 Å². The molecule has 26 heavy (non-hydrogen) atoms. The van der Waals surface area contributed by atoms with Crippen LogP contribution in [0.3, 0.4) is 0 Å². The average Bonchev–Trinajstić information content (AvgIpc) is 2.69. The first-order valence-electron chi connectivity index (χ1n) is 8.59. The lowest BCUT2D eigenvalue weighted by Crippen LogP contribution is -2.31. The summed E-state index contributed by atoms with van der Waals surface area (Å²) in [6, 6.07) is 22.4. The highest BCUT2D eigenvalue weighted by molar-refractivity contribution is 5.92. The zero-order chi connectivity index (χ0) is 18.4. The molecule has 0 aliphatic heterocycles. The van der Waals surface area contributed by atoms with Crippen LogP contribution in [0.4, 0.5) is 0 Å². The van der Waals surface area contributed by atoms with Gasteiger partial charge in [0.15, 0.2) is 0 Å². The van der Waals surface area contributed by atoms with Gasteiger partial charge in [0.25, 0.3) is 11.5 Å². The molecule has 0 aliphatic carbocycles. The zero-order valence-corrected chi connectivity index (χ0v) is 14.6. The molecule has 1 amide bonds.